The van der Waals surface area contributed by atoms with Crippen LogP contribution in [0.1, 0.15) is 121 Å². The Bertz CT molecular complexity index is 1380. The fourth-order valence-electron chi connectivity index (χ4n) is 5.96. The molecule has 1 amide bonds. The van der Waals surface area contributed by atoms with Gasteiger partial charge in [-0.15, -0.1) is 0 Å². The van der Waals surface area contributed by atoms with Gasteiger partial charge < -0.3 is 26.6 Å². The van der Waals surface area contributed by atoms with Crippen LogP contribution in [0.2, 0.25) is 0 Å². The summed E-state index contributed by atoms with van der Waals surface area (Å²) in [6, 6.07) is 22.6. The van der Waals surface area contributed by atoms with Crippen molar-refractivity contribution >= 4 is 17.1 Å². The Morgan fingerprint density at radius 1 is 0.756 bits per heavy atom. The van der Waals surface area contributed by atoms with Gasteiger partial charge in [0.25, 0.3) is 5.82 Å². The molecule has 0 atom stereocenters. The van der Waals surface area contributed by atoms with Crippen LogP contribution in [-0.4, -0.2) is 17.5 Å². The fraction of sp³-hybridized carbons (Fsp3) is 0.487. The van der Waals surface area contributed by atoms with Crippen molar-refractivity contribution in [2.75, 3.05) is 11.5 Å². The van der Waals surface area contributed by atoms with Crippen LogP contribution in [0.3, 0.4) is 0 Å². The summed E-state index contributed by atoms with van der Waals surface area (Å²) in [4.78, 5) is 17.9. The Morgan fingerprint density at radius 2 is 1.40 bits per heavy atom. The molecule has 2 aromatic carbocycles. The fourth-order valence-corrected chi connectivity index (χ4v) is 5.96. The summed E-state index contributed by atoms with van der Waals surface area (Å²) >= 11 is 0. The number of fused-ring (bicyclic) bond motifs is 1. The Hall–Kier alpha value is -3.12. The Balaban J connectivity index is 0.00000552. The molecule has 4 rings (SSSR count). The predicted octanol–water partition coefficient (Wildman–Crippen LogP) is 6.76. The lowest BCUT2D eigenvalue weighted by Crippen LogP contribution is -3.00. The van der Waals surface area contributed by atoms with Crippen LogP contribution in [0.4, 0.5) is 5.69 Å². The van der Waals surface area contributed by atoms with E-state index in [0.717, 1.165) is 53.4 Å². The van der Waals surface area contributed by atoms with Gasteiger partial charge in [-0.1, -0.05) is 121 Å². The molecule has 0 bridgehead atoms. The van der Waals surface area contributed by atoms with Crippen molar-refractivity contribution in [2.45, 2.75) is 117 Å². The SMILES string of the molecule is CCCCCCCCCCCCCCCCOc1ccc(CN(C(C)=O)c2cccc(Cc3[nH]cc4cccc[n+]34)c2)cc1.[Br-]. The smallest absolute Gasteiger partial charge is 0.263 e. The zero-order valence-corrected chi connectivity index (χ0v) is 29.2. The van der Waals surface area contributed by atoms with Crippen LogP contribution in [0, 0.1) is 0 Å². The second-order valence-electron chi connectivity index (χ2n) is 12.3. The first-order chi connectivity index (χ1) is 21.6. The van der Waals surface area contributed by atoms with E-state index in [2.05, 4.69) is 52.8 Å². The number of hydrogen-bond acceptors (Lipinski definition) is 2. The molecule has 6 heteroatoms. The Labute approximate surface area is 282 Å². The van der Waals surface area contributed by atoms with Crippen LogP contribution >= 0.6 is 0 Å². The van der Waals surface area contributed by atoms with E-state index in [1.54, 1.807) is 6.92 Å². The highest BCUT2D eigenvalue weighted by molar-refractivity contribution is 5.91. The Morgan fingerprint density at radius 3 is 2.04 bits per heavy atom. The largest absolute Gasteiger partial charge is 1.00 e. The third-order valence-electron chi connectivity index (χ3n) is 8.57. The number of H-pyrrole nitrogens is 1. The zero-order valence-electron chi connectivity index (χ0n) is 27.6. The Kier molecular flexibility index (Phi) is 16.8. The number of amides is 1. The molecule has 0 aliphatic heterocycles. The maximum absolute atomic E-state index is 12.7. The number of hydrogen-bond donors (Lipinski definition) is 1. The minimum Gasteiger partial charge on any atom is -1.00 e. The summed E-state index contributed by atoms with van der Waals surface area (Å²) in [5, 5.41) is 0. The van der Waals surface area contributed by atoms with E-state index in [-0.39, 0.29) is 22.9 Å². The van der Waals surface area contributed by atoms with Gasteiger partial charge in [0.05, 0.1) is 25.8 Å². The summed E-state index contributed by atoms with van der Waals surface area (Å²) in [6.07, 6.45) is 23.9. The minimum atomic E-state index is 0. The number of nitrogens with one attached hydrogen (secondary N) is 1. The summed E-state index contributed by atoms with van der Waals surface area (Å²) < 4.78 is 8.18. The topological polar surface area (TPSA) is 49.4 Å². The number of nitrogens with zero attached hydrogens (tertiary/aromatic N) is 2. The average molecular weight is 677 g/mol. The van der Waals surface area contributed by atoms with Crippen molar-refractivity contribution < 1.29 is 30.9 Å². The molecule has 0 aliphatic rings. The van der Waals surface area contributed by atoms with Gasteiger partial charge >= 0.3 is 0 Å². The second kappa shape index (κ2) is 20.8. The third kappa shape index (κ3) is 12.7. The van der Waals surface area contributed by atoms with Gasteiger partial charge in [-0.2, -0.15) is 4.40 Å². The molecule has 45 heavy (non-hydrogen) atoms. The van der Waals surface area contributed by atoms with E-state index in [0.29, 0.717) is 6.54 Å². The molecule has 244 valence electrons. The number of benzene rings is 2. The first kappa shape index (κ1) is 36.3. The van der Waals surface area contributed by atoms with Gasteiger partial charge in [-0.05, 0) is 53.9 Å². The zero-order chi connectivity index (χ0) is 30.8. The third-order valence-corrected chi connectivity index (χ3v) is 8.57. The number of aromatic nitrogens is 2. The molecule has 0 radical (unpaired) electrons. The van der Waals surface area contributed by atoms with E-state index in [1.807, 2.05) is 47.5 Å². The molecule has 2 heterocycles. The number of ether oxygens (including phenoxy) is 1. The first-order valence-electron chi connectivity index (χ1n) is 17.2. The number of pyridine rings is 1. The lowest BCUT2D eigenvalue weighted by Gasteiger charge is -2.22. The van der Waals surface area contributed by atoms with Crippen molar-refractivity contribution in [3.63, 3.8) is 0 Å². The summed E-state index contributed by atoms with van der Waals surface area (Å²) in [5.41, 5.74) is 4.28. The number of aromatic amines is 1. The molecule has 0 unspecified atom stereocenters. The van der Waals surface area contributed by atoms with Gasteiger partial charge in [0, 0.05) is 12.6 Å². The highest BCUT2D eigenvalue weighted by Crippen LogP contribution is 2.22. The minimum absolute atomic E-state index is 0. The lowest BCUT2D eigenvalue weighted by molar-refractivity contribution is -0.520. The van der Waals surface area contributed by atoms with Crippen molar-refractivity contribution in [1.29, 1.82) is 0 Å². The van der Waals surface area contributed by atoms with E-state index in [4.69, 9.17) is 4.74 Å². The molecule has 5 nitrogen and oxygen atoms in total. The summed E-state index contributed by atoms with van der Waals surface area (Å²) in [6.45, 7) is 5.21. The van der Waals surface area contributed by atoms with Crippen molar-refractivity contribution in [2.24, 2.45) is 0 Å². The predicted molar refractivity (Wildman–Crippen MR) is 182 cm³/mol. The van der Waals surface area contributed by atoms with E-state index < -0.39 is 0 Å². The van der Waals surface area contributed by atoms with E-state index >= 15 is 0 Å². The molecule has 1 N–H and O–H groups in total. The standard InChI is InChI=1S/C39H53N3O2.BrH/c1-3-4-5-6-7-8-9-10-11-12-13-14-15-18-28-44-38-25-23-34(24-26-38)32-42(33(2)43)36-22-19-20-35(29-36)30-39-40-31-37-21-16-17-27-41(37)39;/h16-17,19-27,29,31H,3-15,18,28,30,32H2,1-2H3;1H. The first-order valence-corrected chi connectivity index (χ1v) is 17.2. The second-order valence-corrected chi connectivity index (χ2v) is 12.3. The van der Waals surface area contributed by atoms with Crippen molar-refractivity contribution in [1.82, 2.24) is 4.98 Å². The highest BCUT2D eigenvalue weighted by atomic mass is 79.9. The molecular weight excluding hydrogens is 622 g/mol. The van der Waals surface area contributed by atoms with Crippen LogP contribution in [0.5, 0.6) is 5.75 Å². The molecule has 0 aliphatic carbocycles. The quantitative estimate of drug-likeness (QED) is 0.0784. The number of carbonyl (C=O) groups is 1. The van der Waals surface area contributed by atoms with Crippen molar-refractivity contribution in [3.8, 4) is 5.75 Å². The molecule has 0 saturated carbocycles. The molecule has 0 fully saturated rings. The maximum Gasteiger partial charge on any atom is 0.263 e. The van der Waals surface area contributed by atoms with Crippen molar-refractivity contribution in [3.05, 3.63) is 96.1 Å². The number of halogens is 1. The van der Waals surface area contributed by atoms with Gasteiger partial charge in [-0.3, -0.25) is 4.79 Å². The number of unbranched alkanes of at least 4 members (excludes halogenated alkanes) is 13. The lowest BCUT2D eigenvalue weighted by atomic mass is 10.0. The number of carbonyl (C=O) groups excluding carboxylic acids is 1. The highest BCUT2D eigenvalue weighted by Gasteiger charge is 2.15. The number of anilines is 1. The van der Waals surface area contributed by atoms with Crippen LogP contribution in [0.25, 0.3) is 5.52 Å². The average Bonchev–Trinajstić information content (AvgIpc) is 3.45. The normalized spacial score (nSPS) is 11.0. The molecular formula is C39H54BrN3O2. The molecule has 4 aromatic rings. The molecule has 0 saturated heterocycles. The van der Waals surface area contributed by atoms with Gasteiger partial charge in [0.15, 0.2) is 5.52 Å². The van der Waals surface area contributed by atoms with Crippen LogP contribution in [-0.2, 0) is 17.8 Å². The van der Waals surface area contributed by atoms with E-state index in [9.17, 15) is 4.79 Å². The number of imidazole rings is 1. The van der Waals surface area contributed by atoms with Gasteiger partial charge in [-0.25, -0.2) is 4.98 Å². The molecule has 2 aromatic heterocycles. The van der Waals surface area contributed by atoms with E-state index in [1.165, 1.54) is 83.5 Å². The van der Waals surface area contributed by atoms with Crippen LogP contribution < -0.4 is 31.0 Å². The summed E-state index contributed by atoms with van der Waals surface area (Å²) in [5.74, 6) is 2.03. The van der Waals surface area contributed by atoms with Gasteiger partial charge in [0.1, 0.15) is 11.9 Å². The van der Waals surface area contributed by atoms with Gasteiger partial charge in [0.2, 0.25) is 5.91 Å². The number of rotatable bonds is 21. The molecule has 0 spiro atoms. The van der Waals surface area contributed by atoms with Crippen LogP contribution in [0.15, 0.2) is 79.1 Å². The summed E-state index contributed by atoms with van der Waals surface area (Å²) in [7, 11) is 0. The monoisotopic (exact) mass is 675 g/mol. The maximum atomic E-state index is 12.7.